The van der Waals surface area contributed by atoms with Gasteiger partial charge >= 0.3 is 0 Å². The van der Waals surface area contributed by atoms with Gasteiger partial charge in [0.1, 0.15) is 0 Å². The van der Waals surface area contributed by atoms with Gasteiger partial charge in [-0.1, -0.05) is 38.1 Å². The first kappa shape index (κ1) is 17.3. The number of imidazole rings is 1. The van der Waals surface area contributed by atoms with Crippen LogP contribution in [-0.4, -0.2) is 25.7 Å². The number of nitrogens with zero attached hydrogens (tertiary/aromatic N) is 3. The predicted molar refractivity (Wildman–Crippen MR) is 108 cm³/mol. The van der Waals surface area contributed by atoms with Crippen LogP contribution in [0.3, 0.4) is 0 Å². The lowest BCUT2D eigenvalue weighted by Gasteiger charge is -2.11. The third-order valence-corrected chi connectivity index (χ3v) is 4.71. The molecule has 6 heteroatoms. The van der Waals surface area contributed by atoms with Crippen molar-refractivity contribution in [3.8, 4) is 0 Å². The van der Waals surface area contributed by atoms with Gasteiger partial charge in [-0.05, 0) is 36.1 Å². The van der Waals surface area contributed by atoms with Gasteiger partial charge in [-0.15, -0.1) is 0 Å². The van der Waals surface area contributed by atoms with Gasteiger partial charge in [0.25, 0.3) is 0 Å². The highest BCUT2D eigenvalue weighted by Gasteiger charge is 2.14. The Bertz CT molecular complexity index is 1090. The average Bonchev–Trinajstić information content (AvgIpc) is 3.23. The van der Waals surface area contributed by atoms with E-state index < -0.39 is 0 Å². The van der Waals surface area contributed by atoms with E-state index in [0.29, 0.717) is 18.3 Å². The predicted octanol–water partition coefficient (Wildman–Crippen LogP) is 4.14. The van der Waals surface area contributed by atoms with E-state index in [2.05, 4.69) is 38.9 Å². The van der Waals surface area contributed by atoms with Gasteiger partial charge in [0.2, 0.25) is 11.9 Å². The summed E-state index contributed by atoms with van der Waals surface area (Å²) in [6.45, 7) is 5.22. The van der Waals surface area contributed by atoms with E-state index in [-0.39, 0.29) is 5.91 Å². The van der Waals surface area contributed by atoms with Crippen LogP contribution in [0.1, 0.15) is 25.8 Å². The molecule has 4 aromatic rings. The maximum Gasteiger partial charge on any atom is 0.231 e. The van der Waals surface area contributed by atoms with Crippen LogP contribution in [0.2, 0.25) is 0 Å². The molecular weight excluding hydrogens is 338 g/mol. The van der Waals surface area contributed by atoms with Crippen molar-refractivity contribution >= 4 is 33.8 Å². The van der Waals surface area contributed by atoms with Gasteiger partial charge in [-0.3, -0.25) is 15.2 Å². The monoisotopic (exact) mass is 361 g/mol. The first-order valence-corrected chi connectivity index (χ1v) is 9.27. The topological polar surface area (TPSA) is 75.6 Å². The number of amides is 1. The van der Waals surface area contributed by atoms with E-state index in [9.17, 15) is 4.79 Å². The zero-order chi connectivity index (χ0) is 18.8. The van der Waals surface area contributed by atoms with Gasteiger partial charge in [0.05, 0.1) is 29.2 Å². The fourth-order valence-corrected chi connectivity index (χ4v) is 3.23. The molecule has 4 rings (SSSR count). The molecule has 27 heavy (non-hydrogen) atoms. The van der Waals surface area contributed by atoms with Crippen molar-refractivity contribution in [2.75, 3.05) is 5.32 Å². The summed E-state index contributed by atoms with van der Waals surface area (Å²) in [6, 6.07) is 13.9. The standard InChI is InChI=1S/C21H23N5O/c1-14(2)9-10-26-19-6-4-3-5-17(19)23-21(26)24-20(27)12-15-7-8-16-13-22-25-18(16)11-15/h3-8,11,13-14H,9-10,12H2,1-2H3,(H,22,25)(H,23,24,27). The van der Waals surface area contributed by atoms with Crippen molar-refractivity contribution in [3.63, 3.8) is 0 Å². The molecule has 0 atom stereocenters. The van der Waals surface area contributed by atoms with Crippen molar-refractivity contribution < 1.29 is 4.79 Å². The second-order valence-electron chi connectivity index (χ2n) is 7.27. The maximum atomic E-state index is 12.6. The molecule has 0 fully saturated rings. The van der Waals surface area contributed by atoms with Gasteiger partial charge < -0.3 is 4.57 Å². The minimum atomic E-state index is -0.0741. The van der Waals surface area contributed by atoms with E-state index in [1.807, 2.05) is 42.5 Å². The highest BCUT2D eigenvalue weighted by Crippen LogP contribution is 2.21. The Labute approximate surface area is 157 Å². The van der Waals surface area contributed by atoms with Gasteiger partial charge in [0, 0.05) is 11.9 Å². The lowest BCUT2D eigenvalue weighted by atomic mass is 10.1. The molecule has 2 heterocycles. The Morgan fingerprint density at radius 1 is 1.22 bits per heavy atom. The average molecular weight is 361 g/mol. The number of H-pyrrole nitrogens is 1. The molecule has 1 amide bonds. The summed E-state index contributed by atoms with van der Waals surface area (Å²) in [5.74, 6) is 1.12. The Kier molecular flexibility index (Phi) is 4.62. The lowest BCUT2D eigenvalue weighted by molar-refractivity contribution is -0.115. The van der Waals surface area contributed by atoms with E-state index in [1.165, 1.54) is 0 Å². The lowest BCUT2D eigenvalue weighted by Crippen LogP contribution is -2.18. The van der Waals surface area contributed by atoms with Gasteiger partial charge in [-0.25, -0.2) is 4.98 Å². The molecule has 0 aliphatic carbocycles. The van der Waals surface area contributed by atoms with Crippen molar-refractivity contribution in [2.45, 2.75) is 33.2 Å². The summed E-state index contributed by atoms with van der Waals surface area (Å²) in [7, 11) is 0. The highest BCUT2D eigenvalue weighted by atomic mass is 16.1. The van der Waals surface area contributed by atoms with Crippen LogP contribution >= 0.6 is 0 Å². The summed E-state index contributed by atoms with van der Waals surface area (Å²) < 4.78 is 2.10. The normalized spacial score (nSPS) is 11.5. The number of para-hydroxylation sites is 2. The van der Waals surface area contributed by atoms with E-state index in [4.69, 9.17) is 0 Å². The zero-order valence-electron chi connectivity index (χ0n) is 15.6. The number of carbonyl (C=O) groups is 1. The molecule has 138 valence electrons. The third-order valence-electron chi connectivity index (χ3n) is 4.71. The van der Waals surface area contributed by atoms with Crippen molar-refractivity contribution in [1.82, 2.24) is 19.7 Å². The van der Waals surface area contributed by atoms with E-state index in [0.717, 1.165) is 40.5 Å². The summed E-state index contributed by atoms with van der Waals surface area (Å²) in [5.41, 5.74) is 3.82. The number of aromatic amines is 1. The quantitative estimate of drug-likeness (QED) is 0.542. The summed E-state index contributed by atoms with van der Waals surface area (Å²) in [6.07, 6.45) is 3.10. The third kappa shape index (κ3) is 3.69. The number of nitrogens with one attached hydrogen (secondary N) is 2. The molecule has 2 aromatic heterocycles. The van der Waals surface area contributed by atoms with Crippen LogP contribution in [0.5, 0.6) is 0 Å². The van der Waals surface area contributed by atoms with Crippen LogP contribution in [0.25, 0.3) is 21.9 Å². The molecular formula is C21H23N5O. The molecule has 0 aliphatic heterocycles. The number of rotatable bonds is 6. The first-order chi connectivity index (χ1) is 13.1. The van der Waals surface area contributed by atoms with Crippen LogP contribution < -0.4 is 5.32 Å². The first-order valence-electron chi connectivity index (χ1n) is 9.27. The summed E-state index contributed by atoms with van der Waals surface area (Å²) in [5, 5.41) is 11.0. The Morgan fingerprint density at radius 2 is 2.07 bits per heavy atom. The molecule has 0 aliphatic rings. The Hall–Kier alpha value is -3.15. The Morgan fingerprint density at radius 3 is 2.93 bits per heavy atom. The second-order valence-corrected chi connectivity index (χ2v) is 7.27. The SMILES string of the molecule is CC(C)CCn1c(NC(=O)Cc2ccc3cn[nH]c3c2)nc2ccccc21. The maximum absolute atomic E-state index is 12.6. The highest BCUT2D eigenvalue weighted by molar-refractivity contribution is 5.93. The van der Waals surface area contributed by atoms with Crippen LogP contribution in [0.4, 0.5) is 5.95 Å². The number of benzene rings is 2. The molecule has 0 bridgehead atoms. The number of hydrogen-bond donors (Lipinski definition) is 2. The molecule has 6 nitrogen and oxygen atoms in total. The minimum absolute atomic E-state index is 0.0741. The smallest absolute Gasteiger partial charge is 0.231 e. The number of aryl methyl sites for hydroxylation is 1. The molecule has 0 unspecified atom stereocenters. The van der Waals surface area contributed by atoms with Gasteiger partial charge in [-0.2, -0.15) is 5.10 Å². The Balaban J connectivity index is 1.56. The van der Waals surface area contributed by atoms with Crippen molar-refractivity contribution in [1.29, 1.82) is 0 Å². The molecule has 0 spiro atoms. The van der Waals surface area contributed by atoms with E-state index >= 15 is 0 Å². The number of hydrogen-bond acceptors (Lipinski definition) is 3. The molecule has 0 radical (unpaired) electrons. The van der Waals surface area contributed by atoms with Crippen molar-refractivity contribution in [2.24, 2.45) is 5.92 Å². The summed E-state index contributed by atoms with van der Waals surface area (Å²) in [4.78, 5) is 17.3. The van der Waals surface area contributed by atoms with Crippen LogP contribution in [-0.2, 0) is 17.8 Å². The summed E-state index contributed by atoms with van der Waals surface area (Å²) >= 11 is 0. The second kappa shape index (κ2) is 7.23. The number of anilines is 1. The molecule has 0 saturated heterocycles. The fraction of sp³-hybridized carbons (Fsp3) is 0.286. The van der Waals surface area contributed by atoms with Gasteiger partial charge in [0.15, 0.2) is 0 Å². The van der Waals surface area contributed by atoms with E-state index in [1.54, 1.807) is 6.20 Å². The largest absolute Gasteiger partial charge is 0.310 e. The molecule has 2 N–H and O–H groups in total. The van der Waals surface area contributed by atoms with Crippen molar-refractivity contribution in [3.05, 3.63) is 54.2 Å². The number of aromatic nitrogens is 4. The number of carbonyl (C=O) groups excluding carboxylic acids is 1. The molecule has 0 saturated carbocycles. The zero-order valence-corrected chi connectivity index (χ0v) is 15.6. The van der Waals surface area contributed by atoms with Crippen LogP contribution in [0.15, 0.2) is 48.7 Å². The minimum Gasteiger partial charge on any atom is -0.310 e. The van der Waals surface area contributed by atoms with Crippen LogP contribution in [0, 0.1) is 5.92 Å². The molecule has 2 aromatic carbocycles. The fourth-order valence-electron chi connectivity index (χ4n) is 3.23. The number of fused-ring (bicyclic) bond motifs is 2.